The lowest BCUT2D eigenvalue weighted by Crippen LogP contribution is -2.02. The van der Waals surface area contributed by atoms with Gasteiger partial charge < -0.3 is 4.74 Å². The minimum atomic E-state index is -3.68. The second kappa shape index (κ2) is 6.04. The summed E-state index contributed by atoms with van der Waals surface area (Å²) in [6.07, 6.45) is 2.42. The van der Waals surface area contributed by atoms with Crippen molar-refractivity contribution in [1.82, 2.24) is 4.98 Å². The highest BCUT2D eigenvalue weighted by atomic mass is 35.7. The van der Waals surface area contributed by atoms with Gasteiger partial charge >= 0.3 is 0 Å². The highest BCUT2D eigenvalue weighted by molar-refractivity contribution is 8.13. The van der Waals surface area contributed by atoms with E-state index >= 15 is 0 Å². The predicted octanol–water partition coefficient (Wildman–Crippen LogP) is 2.63. The van der Waals surface area contributed by atoms with Gasteiger partial charge in [0.25, 0.3) is 9.05 Å². The molecule has 0 N–H and O–H groups in total. The van der Waals surface area contributed by atoms with E-state index in [2.05, 4.69) is 4.98 Å². The van der Waals surface area contributed by atoms with Gasteiger partial charge in [-0.2, -0.15) is 0 Å². The number of hydrogen-bond donors (Lipinski definition) is 0. The molecule has 0 saturated heterocycles. The van der Waals surface area contributed by atoms with Crippen LogP contribution in [0.5, 0.6) is 5.75 Å². The Morgan fingerprint density at radius 2 is 1.84 bits per heavy atom. The third kappa shape index (κ3) is 4.22. The molecule has 1 aromatic heterocycles. The van der Waals surface area contributed by atoms with Crippen LogP contribution in [0.15, 0.2) is 53.6 Å². The van der Waals surface area contributed by atoms with E-state index in [1.165, 1.54) is 12.1 Å². The number of ether oxygens (including phenoxy) is 1. The van der Waals surface area contributed by atoms with Crippen molar-refractivity contribution in [2.24, 2.45) is 0 Å². The number of halogens is 1. The van der Waals surface area contributed by atoms with Crippen LogP contribution in [0, 0.1) is 0 Å². The van der Waals surface area contributed by atoms with Gasteiger partial charge in [-0.15, -0.1) is 0 Å². The normalized spacial score (nSPS) is 11.2. The number of aromatic nitrogens is 1. The van der Waals surface area contributed by atoms with Crippen LogP contribution in [-0.4, -0.2) is 20.0 Å². The summed E-state index contributed by atoms with van der Waals surface area (Å²) in [5.41, 5.74) is 0.947. The molecule has 1 aromatic carbocycles. The Hall–Kier alpha value is -1.59. The summed E-state index contributed by atoms with van der Waals surface area (Å²) in [5.74, 6) is 0.597. The smallest absolute Gasteiger partial charge is 0.261 e. The molecule has 0 spiro atoms. The average molecular weight is 298 g/mol. The van der Waals surface area contributed by atoms with Crippen LogP contribution in [0.25, 0.3) is 0 Å². The third-order valence-corrected chi connectivity index (χ3v) is 3.83. The quantitative estimate of drug-likeness (QED) is 0.796. The fourth-order valence-electron chi connectivity index (χ4n) is 1.52. The van der Waals surface area contributed by atoms with Crippen LogP contribution < -0.4 is 4.74 Å². The summed E-state index contributed by atoms with van der Waals surface area (Å²) in [4.78, 5) is 4.24. The minimum Gasteiger partial charge on any atom is -0.493 e. The maximum atomic E-state index is 11.1. The molecule has 0 atom stereocenters. The van der Waals surface area contributed by atoms with Gasteiger partial charge in [0.05, 0.1) is 11.5 Å². The van der Waals surface area contributed by atoms with Crippen LogP contribution >= 0.6 is 10.7 Å². The van der Waals surface area contributed by atoms with Crippen molar-refractivity contribution in [2.45, 2.75) is 11.3 Å². The lowest BCUT2D eigenvalue weighted by molar-refractivity contribution is 0.320. The molecule has 6 heteroatoms. The summed E-state index contributed by atoms with van der Waals surface area (Å²) in [5, 5.41) is 0. The summed E-state index contributed by atoms with van der Waals surface area (Å²) in [6, 6.07) is 11.7. The fourth-order valence-corrected chi connectivity index (χ4v) is 2.29. The van der Waals surface area contributed by atoms with Gasteiger partial charge in [0.2, 0.25) is 0 Å². The maximum absolute atomic E-state index is 11.1. The van der Waals surface area contributed by atoms with Crippen molar-refractivity contribution >= 4 is 19.7 Å². The van der Waals surface area contributed by atoms with Gasteiger partial charge in [-0.05, 0) is 36.4 Å². The first-order valence-electron chi connectivity index (χ1n) is 5.63. The Kier molecular flexibility index (Phi) is 4.39. The Balaban J connectivity index is 1.90. The van der Waals surface area contributed by atoms with E-state index in [1.54, 1.807) is 18.3 Å². The molecule has 100 valence electrons. The summed E-state index contributed by atoms with van der Waals surface area (Å²) < 4.78 is 27.6. The van der Waals surface area contributed by atoms with Crippen LogP contribution in [-0.2, 0) is 15.5 Å². The zero-order valence-electron chi connectivity index (χ0n) is 9.99. The SMILES string of the molecule is O=S(=O)(Cl)c1ccc(OCCc2ccccn2)cc1. The second-order valence-corrected chi connectivity index (χ2v) is 6.39. The van der Waals surface area contributed by atoms with Crippen LogP contribution in [0.3, 0.4) is 0 Å². The van der Waals surface area contributed by atoms with Crippen molar-refractivity contribution in [1.29, 1.82) is 0 Å². The summed E-state index contributed by atoms with van der Waals surface area (Å²) >= 11 is 0. The molecule has 4 nitrogen and oxygen atoms in total. The van der Waals surface area contributed by atoms with E-state index in [4.69, 9.17) is 15.4 Å². The van der Waals surface area contributed by atoms with E-state index in [0.717, 1.165) is 5.69 Å². The van der Waals surface area contributed by atoms with Crippen molar-refractivity contribution in [3.63, 3.8) is 0 Å². The molecule has 0 aliphatic heterocycles. The average Bonchev–Trinajstić information content (AvgIpc) is 2.39. The Labute approximate surface area is 116 Å². The highest BCUT2D eigenvalue weighted by Gasteiger charge is 2.09. The molecular weight excluding hydrogens is 286 g/mol. The van der Waals surface area contributed by atoms with Crippen LogP contribution in [0.2, 0.25) is 0 Å². The lowest BCUT2D eigenvalue weighted by Gasteiger charge is -2.06. The monoisotopic (exact) mass is 297 g/mol. The molecule has 2 aromatic rings. The van der Waals surface area contributed by atoms with Crippen molar-refractivity contribution in [3.05, 3.63) is 54.4 Å². The Morgan fingerprint density at radius 3 is 2.42 bits per heavy atom. The third-order valence-electron chi connectivity index (χ3n) is 2.46. The van der Waals surface area contributed by atoms with E-state index in [-0.39, 0.29) is 4.90 Å². The van der Waals surface area contributed by atoms with E-state index in [9.17, 15) is 8.42 Å². The highest BCUT2D eigenvalue weighted by Crippen LogP contribution is 2.19. The predicted molar refractivity (Wildman–Crippen MR) is 72.9 cm³/mol. The molecule has 0 aliphatic rings. The van der Waals surface area contributed by atoms with Crippen LogP contribution in [0.1, 0.15) is 5.69 Å². The maximum Gasteiger partial charge on any atom is 0.261 e. The molecule has 0 unspecified atom stereocenters. The zero-order valence-corrected chi connectivity index (χ0v) is 11.6. The van der Waals surface area contributed by atoms with Gasteiger partial charge in [0.15, 0.2) is 0 Å². The first kappa shape index (κ1) is 13.8. The number of nitrogens with zero attached hydrogens (tertiary/aromatic N) is 1. The molecule has 19 heavy (non-hydrogen) atoms. The van der Waals surface area contributed by atoms with E-state index < -0.39 is 9.05 Å². The zero-order chi connectivity index (χ0) is 13.7. The van der Waals surface area contributed by atoms with Gasteiger partial charge in [0.1, 0.15) is 5.75 Å². The molecule has 0 radical (unpaired) electrons. The largest absolute Gasteiger partial charge is 0.493 e. The lowest BCUT2D eigenvalue weighted by atomic mass is 10.3. The van der Waals surface area contributed by atoms with Crippen molar-refractivity contribution in [3.8, 4) is 5.75 Å². The van der Waals surface area contributed by atoms with E-state index in [1.807, 2.05) is 18.2 Å². The number of benzene rings is 1. The van der Waals surface area contributed by atoms with Gasteiger partial charge in [-0.3, -0.25) is 4.98 Å². The van der Waals surface area contributed by atoms with Crippen molar-refractivity contribution in [2.75, 3.05) is 6.61 Å². The molecule has 1 heterocycles. The number of pyridine rings is 1. The first-order chi connectivity index (χ1) is 9.05. The molecule has 2 rings (SSSR count). The molecule has 0 amide bonds. The van der Waals surface area contributed by atoms with Gasteiger partial charge in [0, 0.05) is 29.0 Å². The summed E-state index contributed by atoms with van der Waals surface area (Å²) in [7, 11) is 1.54. The molecule has 0 bridgehead atoms. The van der Waals surface area contributed by atoms with Gasteiger partial charge in [-0.25, -0.2) is 8.42 Å². The minimum absolute atomic E-state index is 0.0613. The van der Waals surface area contributed by atoms with Gasteiger partial charge in [-0.1, -0.05) is 6.07 Å². The second-order valence-electron chi connectivity index (χ2n) is 3.83. The van der Waals surface area contributed by atoms with Crippen molar-refractivity contribution < 1.29 is 13.2 Å². The molecular formula is C13H12ClNO3S. The standard InChI is InChI=1S/C13H12ClNO3S/c14-19(16,17)13-6-4-12(5-7-13)18-10-8-11-3-1-2-9-15-11/h1-7,9H,8,10H2. The molecule has 0 fully saturated rings. The first-order valence-corrected chi connectivity index (χ1v) is 7.94. The molecule has 0 aliphatic carbocycles. The Bertz CT molecular complexity index is 627. The Morgan fingerprint density at radius 1 is 1.11 bits per heavy atom. The number of hydrogen-bond acceptors (Lipinski definition) is 4. The summed E-state index contributed by atoms with van der Waals surface area (Å²) in [6.45, 7) is 0.476. The molecule has 0 saturated carbocycles. The topological polar surface area (TPSA) is 56.3 Å². The fraction of sp³-hybridized carbons (Fsp3) is 0.154. The van der Waals surface area contributed by atoms with E-state index in [0.29, 0.717) is 18.8 Å². The number of rotatable bonds is 5. The van der Waals surface area contributed by atoms with Crippen LogP contribution in [0.4, 0.5) is 0 Å².